The molecular weight excluding hydrogens is 314 g/mol. The molecule has 3 N–H and O–H groups in total. The average molecular weight is 329 g/mol. The molecule has 4 rings (SSSR count). The Morgan fingerprint density at radius 1 is 1.39 bits per heavy atom. The predicted molar refractivity (Wildman–Crippen MR) is 88.6 cm³/mol. The molecule has 0 spiro atoms. The number of aromatic nitrogens is 4. The Bertz CT molecular complexity index is 885. The van der Waals surface area contributed by atoms with Gasteiger partial charge in [-0.25, -0.2) is 9.97 Å². The molecule has 9 heteroatoms. The third-order valence-electron chi connectivity index (χ3n) is 3.65. The molecule has 3 aromatic heterocycles. The van der Waals surface area contributed by atoms with Gasteiger partial charge in [0.1, 0.15) is 17.2 Å². The molecule has 3 aromatic rings. The van der Waals surface area contributed by atoms with E-state index in [9.17, 15) is 4.79 Å². The van der Waals surface area contributed by atoms with Crippen LogP contribution in [0.2, 0.25) is 0 Å². The molecule has 0 aliphatic carbocycles. The molecule has 0 saturated carbocycles. The first kappa shape index (κ1) is 13.9. The van der Waals surface area contributed by atoms with Crippen molar-refractivity contribution in [3.8, 4) is 0 Å². The van der Waals surface area contributed by atoms with E-state index in [-0.39, 0.29) is 5.91 Å². The molecule has 0 saturated heterocycles. The van der Waals surface area contributed by atoms with Gasteiger partial charge >= 0.3 is 0 Å². The van der Waals surface area contributed by atoms with Crippen LogP contribution in [0.15, 0.2) is 18.5 Å². The van der Waals surface area contributed by atoms with Gasteiger partial charge in [-0.3, -0.25) is 4.79 Å². The summed E-state index contributed by atoms with van der Waals surface area (Å²) in [5.74, 6) is 1.20. The van der Waals surface area contributed by atoms with E-state index in [1.165, 1.54) is 4.88 Å². The van der Waals surface area contributed by atoms with Gasteiger partial charge in [0.25, 0.3) is 5.91 Å². The number of anilines is 3. The fourth-order valence-corrected chi connectivity index (χ4v) is 3.38. The van der Waals surface area contributed by atoms with Crippen molar-refractivity contribution >= 4 is 39.7 Å². The smallest absolute Gasteiger partial charge is 0.256 e. The van der Waals surface area contributed by atoms with Crippen LogP contribution in [0, 0.1) is 0 Å². The van der Waals surface area contributed by atoms with E-state index in [4.69, 9.17) is 0 Å². The summed E-state index contributed by atoms with van der Waals surface area (Å²) in [4.78, 5) is 22.5. The van der Waals surface area contributed by atoms with E-state index in [1.54, 1.807) is 29.1 Å². The van der Waals surface area contributed by atoms with Crippen LogP contribution < -0.4 is 16.0 Å². The summed E-state index contributed by atoms with van der Waals surface area (Å²) in [6.07, 6.45) is 5.16. The van der Waals surface area contributed by atoms with Gasteiger partial charge in [-0.1, -0.05) is 0 Å². The van der Waals surface area contributed by atoms with Crippen LogP contribution in [0.5, 0.6) is 0 Å². The van der Waals surface area contributed by atoms with Crippen LogP contribution in [0.3, 0.4) is 0 Å². The highest BCUT2D eigenvalue weighted by Crippen LogP contribution is 2.25. The lowest BCUT2D eigenvalue weighted by Crippen LogP contribution is -2.24. The molecule has 1 aliphatic heterocycles. The zero-order chi connectivity index (χ0) is 15.8. The summed E-state index contributed by atoms with van der Waals surface area (Å²) < 4.78 is 1.62. The third kappa shape index (κ3) is 2.48. The van der Waals surface area contributed by atoms with Gasteiger partial charge in [0, 0.05) is 30.7 Å². The van der Waals surface area contributed by atoms with E-state index >= 15 is 0 Å². The van der Waals surface area contributed by atoms with E-state index in [0.29, 0.717) is 23.6 Å². The quantitative estimate of drug-likeness (QED) is 0.628. The van der Waals surface area contributed by atoms with Gasteiger partial charge in [0.2, 0.25) is 0 Å². The number of nitrogens with one attached hydrogen (secondary N) is 3. The van der Waals surface area contributed by atoms with Crippen molar-refractivity contribution < 1.29 is 4.79 Å². The minimum Gasteiger partial charge on any atom is -0.373 e. The first-order valence-corrected chi connectivity index (χ1v) is 8.13. The maximum absolute atomic E-state index is 12.4. The van der Waals surface area contributed by atoms with E-state index < -0.39 is 0 Å². The lowest BCUT2D eigenvalue weighted by atomic mass is 10.2. The molecule has 118 valence electrons. The molecule has 0 radical (unpaired) electrons. The molecular formula is C14H15N7OS. The number of fused-ring (bicyclic) bond motifs is 3. The van der Waals surface area contributed by atoms with Crippen LogP contribution in [-0.2, 0) is 6.42 Å². The first-order chi connectivity index (χ1) is 11.2. The van der Waals surface area contributed by atoms with E-state index in [0.717, 1.165) is 23.8 Å². The average Bonchev–Trinajstić information content (AvgIpc) is 3.17. The van der Waals surface area contributed by atoms with Crippen LogP contribution >= 0.6 is 11.3 Å². The number of rotatable bonds is 1. The number of hydrogen-bond acceptors (Lipinski definition) is 7. The third-order valence-corrected chi connectivity index (χ3v) is 4.62. The fourth-order valence-electron chi connectivity index (χ4n) is 2.52. The number of carbonyl (C=O) groups excluding carboxylic acids is 1. The van der Waals surface area contributed by atoms with Crippen molar-refractivity contribution in [3.05, 3.63) is 28.9 Å². The lowest BCUT2D eigenvalue weighted by Gasteiger charge is -2.08. The SMILES string of the molecule is CNc1cc2nc3c(cnn13)C(=O)NCCCc1cnc(s1)N2. The minimum absolute atomic E-state index is 0.157. The first-order valence-electron chi connectivity index (χ1n) is 7.31. The molecule has 0 fully saturated rings. The summed E-state index contributed by atoms with van der Waals surface area (Å²) >= 11 is 1.60. The van der Waals surface area contributed by atoms with Crippen molar-refractivity contribution in [2.24, 2.45) is 0 Å². The largest absolute Gasteiger partial charge is 0.373 e. The lowest BCUT2D eigenvalue weighted by molar-refractivity contribution is 0.0954. The van der Waals surface area contributed by atoms with Crippen molar-refractivity contribution in [2.45, 2.75) is 12.8 Å². The van der Waals surface area contributed by atoms with Gasteiger partial charge in [-0.2, -0.15) is 9.61 Å². The van der Waals surface area contributed by atoms with Crippen LogP contribution in [-0.4, -0.2) is 39.1 Å². The van der Waals surface area contributed by atoms with Crippen molar-refractivity contribution in [1.82, 2.24) is 24.9 Å². The molecule has 4 heterocycles. The Morgan fingerprint density at radius 3 is 3.17 bits per heavy atom. The highest BCUT2D eigenvalue weighted by Gasteiger charge is 2.17. The Morgan fingerprint density at radius 2 is 2.30 bits per heavy atom. The zero-order valence-corrected chi connectivity index (χ0v) is 13.3. The fraction of sp³-hybridized carbons (Fsp3) is 0.286. The van der Waals surface area contributed by atoms with Crippen molar-refractivity contribution in [2.75, 3.05) is 24.2 Å². The monoisotopic (exact) mass is 329 g/mol. The van der Waals surface area contributed by atoms with Crippen LogP contribution in [0.25, 0.3) is 5.65 Å². The second kappa shape index (κ2) is 5.51. The molecule has 23 heavy (non-hydrogen) atoms. The number of amides is 1. The number of thiazole rings is 1. The van der Waals surface area contributed by atoms with Crippen LogP contribution in [0.4, 0.5) is 16.8 Å². The van der Waals surface area contributed by atoms with Gasteiger partial charge in [0.15, 0.2) is 10.8 Å². The molecule has 0 atom stereocenters. The second-order valence-corrected chi connectivity index (χ2v) is 6.30. The zero-order valence-electron chi connectivity index (χ0n) is 12.5. The second-order valence-electron chi connectivity index (χ2n) is 5.19. The summed E-state index contributed by atoms with van der Waals surface area (Å²) in [6.45, 7) is 0.607. The Labute approximate surface area is 136 Å². The topological polar surface area (TPSA) is 96.2 Å². The summed E-state index contributed by atoms with van der Waals surface area (Å²) in [5.41, 5.74) is 0.969. The van der Waals surface area contributed by atoms with E-state index in [2.05, 4.69) is 31.0 Å². The number of hydrogen-bond donors (Lipinski definition) is 3. The molecule has 0 aromatic carbocycles. The van der Waals surface area contributed by atoms with Gasteiger partial charge < -0.3 is 16.0 Å². The van der Waals surface area contributed by atoms with Crippen molar-refractivity contribution in [3.63, 3.8) is 0 Å². The maximum atomic E-state index is 12.4. The Hall–Kier alpha value is -2.68. The molecule has 8 nitrogen and oxygen atoms in total. The predicted octanol–water partition coefficient (Wildman–Crippen LogP) is 1.65. The minimum atomic E-state index is -0.157. The summed E-state index contributed by atoms with van der Waals surface area (Å²) in [7, 11) is 1.80. The van der Waals surface area contributed by atoms with Gasteiger partial charge in [-0.15, -0.1) is 11.3 Å². The number of carbonyl (C=O) groups is 1. The maximum Gasteiger partial charge on any atom is 0.256 e. The summed E-state index contributed by atoms with van der Waals surface area (Å²) in [6, 6.07) is 1.84. The Kier molecular flexibility index (Phi) is 3.34. The van der Waals surface area contributed by atoms with Crippen LogP contribution in [0.1, 0.15) is 21.7 Å². The molecule has 0 unspecified atom stereocenters. The van der Waals surface area contributed by atoms with Crippen molar-refractivity contribution in [1.29, 1.82) is 0 Å². The van der Waals surface area contributed by atoms with Gasteiger partial charge in [-0.05, 0) is 12.8 Å². The van der Waals surface area contributed by atoms with E-state index in [1.807, 2.05) is 12.3 Å². The summed E-state index contributed by atoms with van der Waals surface area (Å²) in [5, 5.41) is 14.3. The standard InChI is InChI=1S/C14H15N7OS/c1-15-11-5-10-19-12-9(7-18-21(11)12)13(22)16-4-2-3-8-6-17-14(20-10)23-8/h5-7,15H,2-4H2,1H3,(H,16,22)(H,17,19,20). The number of nitrogens with zero attached hydrogens (tertiary/aromatic N) is 4. The molecule has 1 aliphatic rings. The highest BCUT2D eigenvalue weighted by molar-refractivity contribution is 7.15. The highest BCUT2D eigenvalue weighted by atomic mass is 32.1. The van der Waals surface area contributed by atoms with Gasteiger partial charge in [0.05, 0.1) is 6.20 Å². The molecule has 4 bridgehead atoms. The normalized spacial score (nSPS) is 14.6. The number of aryl methyl sites for hydroxylation is 1. The molecule has 1 amide bonds. The Balaban J connectivity index is 1.88.